The molecular formula is C37H70O6. The fourth-order valence-corrected chi connectivity index (χ4v) is 5.26. The molecule has 0 heterocycles. The van der Waals surface area contributed by atoms with Crippen molar-refractivity contribution in [2.45, 2.75) is 207 Å². The Labute approximate surface area is 266 Å². The Balaban J connectivity index is 4.32. The lowest BCUT2D eigenvalue weighted by Crippen LogP contribution is -2.30. The predicted octanol–water partition coefficient (Wildman–Crippen LogP) is 11.0. The van der Waals surface area contributed by atoms with Crippen LogP contribution in [0.2, 0.25) is 0 Å². The number of rotatable bonds is 33. The molecule has 254 valence electrons. The molecule has 6 heteroatoms. The van der Waals surface area contributed by atoms with Crippen LogP contribution >= 0.6 is 0 Å². The van der Waals surface area contributed by atoms with Crippen molar-refractivity contribution in [1.29, 1.82) is 0 Å². The fraction of sp³-hybridized carbons (Fsp3) is 0.919. The summed E-state index contributed by atoms with van der Waals surface area (Å²) in [5.74, 6) is -0.879. The second kappa shape index (κ2) is 33.3. The normalized spacial score (nSPS) is 11.2. The zero-order chi connectivity index (χ0) is 31.6. The third kappa shape index (κ3) is 31.6. The van der Waals surface area contributed by atoms with Crippen molar-refractivity contribution in [2.75, 3.05) is 13.2 Å². The van der Waals surface area contributed by atoms with Gasteiger partial charge in [0.25, 0.3) is 0 Å². The summed E-state index contributed by atoms with van der Waals surface area (Å²) in [4.78, 5) is 37.1. The summed E-state index contributed by atoms with van der Waals surface area (Å²) in [6.45, 7) is 6.53. The Morgan fingerprint density at radius 1 is 0.372 bits per heavy atom. The third-order valence-corrected chi connectivity index (χ3v) is 8.11. The number of esters is 3. The van der Waals surface area contributed by atoms with Crippen LogP contribution in [0.25, 0.3) is 0 Å². The summed E-state index contributed by atoms with van der Waals surface area (Å²) in [5, 5.41) is 0. The van der Waals surface area contributed by atoms with Gasteiger partial charge in [0, 0.05) is 19.3 Å². The van der Waals surface area contributed by atoms with E-state index in [0.29, 0.717) is 19.3 Å². The van der Waals surface area contributed by atoms with Gasteiger partial charge in [-0.15, -0.1) is 0 Å². The molecule has 0 saturated heterocycles. The Morgan fingerprint density at radius 2 is 0.628 bits per heavy atom. The van der Waals surface area contributed by atoms with Crippen LogP contribution in [0, 0.1) is 0 Å². The lowest BCUT2D eigenvalue weighted by Gasteiger charge is -2.18. The lowest BCUT2D eigenvalue weighted by molar-refractivity contribution is -0.167. The van der Waals surface area contributed by atoms with E-state index in [4.69, 9.17) is 14.2 Å². The van der Waals surface area contributed by atoms with E-state index in [1.54, 1.807) is 0 Å². The van der Waals surface area contributed by atoms with Gasteiger partial charge < -0.3 is 14.2 Å². The zero-order valence-corrected chi connectivity index (χ0v) is 28.7. The summed E-state index contributed by atoms with van der Waals surface area (Å²) in [7, 11) is 0. The van der Waals surface area contributed by atoms with Gasteiger partial charge in [0.1, 0.15) is 13.2 Å². The number of unbranched alkanes of at least 4 members (excludes halogenated alkanes) is 22. The van der Waals surface area contributed by atoms with E-state index in [2.05, 4.69) is 20.8 Å². The largest absolute Gasteiger partial charge is 0.462 e. The third-order valence-electron chi connectivity index (χ3n) is 8.11. The standard InChI is InChI=1S/C37H70O6/c1-4-7-10-13-16-17-18-19-22-25-28-31-37(40)43-34(32-41-35(38)29-26-23-20-14-11-8-5-2)33-42-36(39)30-27-24-21-15-12-9-6-3/h34H,4-33H2,1-3H3. The summed E-state index contributed by atoms with van der Waals surface area (Å²) in [5.41, 5.74) is 0. The highest BCUT2D eigenvalue weighted by Crippen LogP contribution is 2.14. The van der Waals surface area contributed by atoms with Gasteiger partial charge in [-0.05, 0) is 19.3 Å². The van der Waals surface area contributed by atoms with Crippen LogP contribution in [0.15, 0.2) is 0 Å². The van der Waals surface area contributed by atoms with Crippen LogP contribution in [0.4, 0.5) is 0 Å². The molecule has 0 unspecified atom stereocenters. The molecule has 0 rings (SSSR count). The SMILES string of the molecule is CCCCCCCCCCCCCC(=O)OC(COC(=O)CCCCCCCCC)COC(=O)CCCCCCCCC. The molecule has 0 aliphatic rings. The van der Waals surface area contributed by atoms with Crippen LogP contribution in [0.5, 0.6) is 0 Å². The van der Waals surface area contributed by atoms with Gasteiger partial charge in [-0.3, -0.25) is 14.4 Å². The number of ether oxygens (including phenoxy) is 3. The highest BCUT2D eigenvalue weighted by molar-refractivity contribution is 5.71. The molecule has 0 aromatic rings. The fourth-order valence-electron chi connectivity index (χ4n) is 5.26. The molecule has 0 radical (unpaired) electrons. The van der Waals surface area contributed by atoms with Crippen molar-refractivity contribution < 1.29 is 28.6 Å². The maximum Gasteiger partial charge on any atom is 0.306 e. The van der Waals surface area contributed by atoms with Crippen molar-refractivity contribution in [1.82, 2.24) is 0 Å². The average Bonchev–Trinajstić information content (AvgIpc) is 3.00. The molecule has 0 amide bonds. The van der Waals surface area contributed by atoms with Gasteiger partial charge in [0.05, 0.1) is 0 Å². The molecule has 43 heavy (non-hydrogen) atoms. The average molecular weight is 611 g/mol. The van der Waals surface area contributed by atoms with Crippen molar-refractivity contribution >= 4 is 17.9 Å². The van der Waals surface area contributed by atoms with Gasteiger partial charge >= 0.3 is 17.9 Å². The minimum absolute atomic E-state index is 0.0654. The van der Waals surface area contributed by atoms with E-state index >= 15 is 0 Å². The van der Waals surface area contributed by atoms with Crippen molar-refractivity contribution in [3.63, 3.8) is 0 Å². The Kier molecular flexibility index (Phi) is 32.1. The molecule has 0 atom stereocenters. The van der Waals surface area contributed by atoms with E-state index in [-0.39, 0.29) is 31.1 Å². The maximum atomic E-state index is 12.5. The van der Waals surface area contributed by atoms with E-state index < -0.39 is 6.10 Å². The first-order chi connectivity index (χ1) is 21.0. The van der Waals surface area contributed by atoms with Crippen LogP contribution in [-0.4, -0.2) is 37.2 Å². The minimum Gasteiger partial charge on any atom is -0.462 e. The van der Waals surface area contributed by atoms with Crippen LogP contribution < -0.4 is 0 Å². The Morgan fingerprint density at radius 3 is 0.930 bits per heavy atom. The number of carbonyl (C=O) groups excluding carboxylic acids is 3. The summed E-state index contributed by atoms with van der Waals surface area (Å²) in [6.07, 6.45) is 29.6. The first-order valence-corrected chi connectivity index (χ1v) is 18.5. The van der Waals surface area contributed by atoms with Gasteiger partial charge in [0.15, 0.2) is 6.10 Å². The monoisotopic (exact) mass is 611 g/mol. The Hall–Kier alpha value is -1.59. The number of hydrogen-bond acceptors (Lipinski definition) is 6. The quantitative estimate of drug-likeness (QED) is 0.0418. The van der Waals surface area contributed by atoms with Crippen molar-refractivity contribution in [2.24, 2.45) is 0 Å². The maximum absolute atomic E-state index is 12.5. The molecule has 0 aliphatic heterocycles. The predicted molar refractivity (Wildman–Crippen MR) is 178 cm³/mol. The first kappa shape index (κ1) is 41.4. The second-order valence-corrected chi connectivity index (χ2v) is 12.5. The molecule has 0 saturated carbocycles. The molecule has 0 fully saturated rings. The zero-order valence-electron chi connectivity index (χ0n) is 28.7. The summed E-state index contributed by atoms with van der Waals surface area (Å²) in [6, 6.07) is 0. The van der Waals surface area contributed by atoms with E-state index in [0.717, 1.165) is 57.8 Å². The molecule has 0 aromatic heterocycles. The van der Waals surface area contributed by atoms with Gasteiger partial charge in [-0.2, -0.15) is 0 Å². The van der Waals surface area contributed by atoms with Gasteiger partial charge in [-0.1, -0.05) is 162 Å². The molecule has 0 N–H and O–H groups in total. The van der Waals surface area contributed by atoms with Crippen LogP contribution in [-0.2, 0) is 28.6 Å². The number of carbonyl (C=O) groups is 3. The van der Waals surface area contributed by atoms with Crippen molar-refractivity contribution in [3.05, 3.63) is 0 Å². The van der Waals surface area contributed by atoms with E-state index in [9.17, 15) is 14.4 Å². The topological polar surface area (TPSA) is 78.9 Å². The lowest BCUT2D eigenvalue weighted by atomic mass is 10.1. The molecule has 0 bridgehead atoms. The molecule has 6 nitrogen and oxygen atoms in total. The molecule has 0 spiro atoms. The van der Waals surface area contributed by atoms with Crippen LogP contribution in [0.3, 0.4) is 0 Å². The van der Waals surface area contributed by atoms with Crippen LogP contribution in [0.1, 0.15) is 201 Å². The minimum atomic E-state index is -0.754. The highest BCUT2D eigenvalue weighted by Gasteiger charge is 2.19. The summed E-state index contributed by atoms with van der Waals surface area (Å²) >= 11 is 0. The summed E-state index contributed by atoms with van der Waals surface area (Å²) < 4.78 is 16.5. The molecule has 0 aliphatic carbocycles. The molecular weight excluding hydrogens is 540 g/mol. The second-order valence-electron chi connectivity index (χ2n) is 12.5. The van der Waals surface area contributed by atoms with Gasteiger partial charge in [-0.25, -0.2) is 0 Å². The first-order valence-electron chi connectivity index (χ1n) is 18.5. The van der Waals surface area contributed by atoms with Gasteiger partial charge in [0.2, 0.25) is 0 Å². The van der Waals surface area contributed by atoms with E-state index in [1.165, 1.54) is 103 Å². The molecule has 0 aromatic carbocycles. The highest BCUT2D eigenvalue weighted by atomic mass is 16.6. The smallest absolute Gasteiger partial charge is 0.306 e. The van der Waals surface area contributed by atoms with E-state index in [1.807, 2.05) is 0 Å². The van der Waals surface area contributed by atoms with Crippen molar-refractivity contribution in [3.8, 4) is 0 Å². The number of hydrogen-bond donors (Lipinski definition) is 0. The Bertz CT molecular complexity index is 601.